The Morgan fingerprint density at radius 2 is 1.94 bits per heavy atom. The predicted octanol–water partition coefficient (Wildman–Crippen LogP) is 2.29. The zero-order chi connectivity index (χ0) is 21.4. The lowest BCUT2D eigenvalue weighted by Gasteiger charge is -2.22. The molecular weight excluding hydrogens is 406 g/mol. The molecule has 0 spiro atoms. The van der Waals surface area contributed by atoms with Gasteiger partial charge in [-0.3, -0.25) is 9.36 Å². The molecule has 2 saturated carbocycles. The van der Waals surface area contributed by atoms with Crippen LogP contribution in [0.2, 0.25) is 0 Å². The molecule has 9 nitrogen and oxygen atoms in total. The fourth-order valence-corrected chi connectivity index (χ4v) is 5.31. The highest BCUT2D eigenvalue weighted by Gasteiger charge is 2.58. The zero-order valence-electron chi connectivity index (χ0n) is 17.8. The number of aromatic nitrogens is 6. The van der Waals surface area contributed by atoms with Crippen molar-refractivity contribution in [2.24, 2.45) is 18.9 Å². The van der Waals surface area contributed by atoms with Crippen LogP contribution in [0.3, 0.4) is 0 Å². The van der Waals surface area contributed by atoms with Gasteiger partial charge >= 0.3 is 0 Å². The molecular formula is C23H23N7O2. The summed E-state index contributed by atoms with van der Waals surface area (Å²) in [6.07, 6.45) is 5.73. The van der Waals surface area contributed by atoms with E-state index in [0.717, 1.165) is 24.8 Å². The Kier molecular flexibility index (Phi) is 3.68. The highest BCUT2D eigenvalue weighted by atomic mass is 16.5. The maximum Gasteiger partial charge on any atom is 0.280 e. The standard InChI is InChI=1S/C23H23N7O2/c1-28-11-24-22-20(28)23(31)30(12-25-22)10-18-26-21(27-32-18)19-16-8-29(9-17(16)19)15-4-2-3-14(7-15)13-5-6-13/h2-4,7,11-13,16-17,19H,5-6,8-10H2,1H3/t16-,17+,19-. The van der Waals surface area contributed by atoms with Crippen LogP contribution in [0.5, 0.6) is 0 Å². The van der Waals surface area contributed by atoms with Crippen LogP contribution in [0.4, 0.5) is 5.69 Å². The second-order valence-corrected chi connectivity index (χ2v) is 9.38. The van der Waals surface area contributed by atoms with Crippen LogP contribution >= 0.6 is 0 Å². The molecule has 2 aliphatic carbocycles. The molecule has 162 valence electrons. The average molecular weight is 429 g/mol. The maximum absolute atomic E-state index is 12.7. The van der Waals surface area contributed by atoms with Crippen molar-refractivity contribution in [1.82, 2.24) is 29.2 Å². The Balaban J connectivity index is 1.05. The average Bonchev–Trinajstić information content (AvgIpc) is 3.61. The van der Waals surface area contributed by atoms with E-state index in [4.69, 9.17) is 4.52 Å². The van der Waals surface area contributed by atoms with Gasteiger partial charge in [-0.2, -0.15) is 4.98 Å². The molecule has 4 heterocycles. The van der Waals surface area contributed by atoms with E-state index in [0.29, 0.717) is 34.8 Å². The fraction of sp³-hybridized carbons (Fsp3) is 0.435. The first-order chi connectivity index (χ1) is 15.7. The molecule has 0 unspecified atom stereocenters. The number of anilines is 1. The number of aryl methyl sites for hydroxylation is 1. The lowest BCUT2D eigenvalue weighted by Crippen LogP contribution is -2.24. The molecule has 0 amide bonds. The molecule has 0 bridgehead atoms. The van der Waals surface area contributed by atoms with Gasteiger partial charge in [-0.15, -0.1) is 0 Å². The minimum Gasteiger partial charge on any atom is -0.371 e. The van der Waals surface area contributed by atoms with E-state index in [-0.39, 0.29) is 12.1 Å². The molecule has 4 aromatic rings. The molecule has 32 heavy (non-hydrogen) atoms. The Labute approximate surface area is 183 Å². The number of rotatable bonds is 5. The van der Waals surface area contributed by atoms with E-state index in [9.17, 15) is 4.79 Å². The van der Waals surface area contributed by atoms with Crippen molar-refractivity contribution in [3.63, 3.8) is 0 Å². The summed E-state index contributed by atoms with van der Waals surface area (Å²) in [7, 11) is 1.78. The monoisotopic (exact) mass is 429 g/mol. The molecule has 9 heteroatoms. The van der Waals surface area contributed by atoms with Crippen LogP contribution < -0.4 is 10.5 Å². The van der Waals surface area contributed by atoms with Gasteiger partial charge in [0.1, 0.15) is 12.9 Å². The summed E-state index contributed by atoms with van der Waals surface area (Å²) in [5, 5.41) is 4.24. The highest BCUT2D eigenvalue weighted by molar-refractivity contribution is 5.68. The van der Waals surface area contributed by atoms with E-state index in [1.54, 1.807) is 17.9 Å². The minimum atomic E-state index is -0.165. The summed E-state index contributed by atoms with van der Waals surface area (Å²) in [6, 6.07) is 9.04. The number of piperidine rings is 1. The number of benzene rings is 1. The molecule has 1 aromatic carbocycles. The van der Waals surface area contributed by atoms with Gasteiger partial charge in [0, 0.05) is 31.7 Å². The van der Waals surface area contributed by atoms with Crippen molar-refractivity contribution in [3.05, 3.63) is 64.6 Å². The summed E-state index contributed by atoms with van der Waals surface area (Å²) in [4.78, 5) is 28.2. The van der Waals surface area contributed by atoms with Gasteiger partial charge in [-0.25, -0.2) is 9.97 Å². The third-order valence-electron chi connectivity index (χ3n) is 7.27. The molecule has 1 aliphatic heterocycles. The van der Waals surface area contributed by atoms with Crippen molar-refractivity contribution >= 4 is 16.9 Å². The van der Waals surface area contributed by atoms with Crippen molar-refractivity contribution < 1.29 is 4.52 Å². The summed E-state index contributed by atoms with van der Waals surface area (Å²) in [6.45, 7) is 2.28. The van der Waals surface area contributed by atoms with Crippen LogP contribution in [0.1, 0.15) is 42.0 Å². The second-order valence-electron chi connectivity index (χ2n) is 9.38. The topological polar surface area (TPSA) is 94.9 Å². The number of nitrogens with zero attached hydrogens (tertiary/aromatic N) is 7. The Bertz CT molecular complexity index is 1390. The third kappa shape index (κ3) is 2.80. The largest absolute Gasteiger partial charge is 0.371 e. The SMILES string of the molecule is Cn1cnc2ncn(Cc3nc([C@@H]4[C@@H]5CN(c6cccc(C7CC7)c6)C[C@@H]54)no3)c(=O)c21. The van der Waals surface area contributed by atoms with E-state index in [2.05, 4.69) is 49.3 Å². The van der Waals surface area contributed by atoms with Crippen LogP contribution in [-0.4, -0.2) is 42.3 Å². The first-order valence-electron chi connectivity index (χ1n) is 11.2. The fourth-order valence-electron chi connectivity index (χ4n) is 5.31. The zero-order valence-corrected chi connectivity index (χ0v) is 17.8. The number of imidazole rings is 1. The smallest absolute Gasteiger partial charge is 0.280 e. The van der Waals surface area contributed by atoms with Gasteiger partial charge in [0.05, 0.1) is 6.33 Å². The van der Waals surface area contributed by atoms with Crippen LogP contribution in [0, 0.1) is 11.8 Å². The summed E-state index contributed by atoms with van der Waals surface area (Å²) in [5.41, 5.74) is 3.57. The molecule has 0 radical (unpaired) electrons. The van der Waals surface area contributed by atoms with Crippen molar-refractivity contribution in [2.45, 2.75) is 31.2 Å². The number of hydrogen-bond acceptors (Lipinski definition) is 7. The lowest BCUT2D eigenvalue weighted by molar-refractivity contribution is 0.363. The molecule has 3 aliphatic rings. The molecule has 7 rings (SSSR count). The Hall–Kier alpha value is -3.49. The molecule has 3 atom stereocenters. The normalized spacial score (nSPS) is 24.3. The van der Waals surface area contributed by atoms with E-state index < -0.39 is 0 Å². The Morgan fingerprint density at radius 3 is 2.75 bits per heavy atom. The van der Waals surface area contributed by atoms with Crippen LogP contribution in [0.25, 0.3) is 11.2 Å². The van der Waals surface area contributed by atoms with Gasteiger partial charge < -0.3 is 14.0 Å². The van der Waals surface area contributed by atoms with Gasteiger partial charge in [-0.05, 0) is 48.3 Å². The van der Waals surface area contributed by atoms with Gasteiger partial charge in [0.25, 0.3) is 5.56 Å². The third-order valence-corrected chi connectivity index (χ3v) is 7.27. The van der Waals surface area contributed by atoms with Gasteiger partial charge in [-0.1, -0.05) is 17.3 Å². The predicted molar refractivity (Wildman–Crippen MR) is 117 cm³/mol. The quantitative estimate of drug-likeness (QED) is 0.480. The van der Waals surface area contributed by atoms with Crippen molar-refractivity contribution in [1.29, 1.82) is 0 Å². The molecule has 1 saturated heterocycles. The maximum atomic E-state index is 12.7. The highest BCUT2D eigenvalue weighted by Crippen LogP contribution is 2.58. The van der Waals surface area contributed by atoms with Gasteiger partial charge in [0.15, 0.2) is 17.0 Å². The number of fused-ring (bicyclic) bond motifs is 2. The first-order valence-corrected chi connectivity index (χ1v) is 11.2. The summed E-state index contributed by atoms with van der Waals surface area (Å²) >= 11 is 0. The molecule has 0 N–H and O–H groups in total. The van der Waals surface area contributed by atoms with E-state index in [1.165, 1.54) is 35.0 Å². The van der Waals surface area contributed by atoms with E-state index in [1.807, 2.05) is 0 Å². The number of hydrogen-bond donors (Lipinski definition) is 0. The summed E-state index contributed by atoms with van der Waals surface area (Å²) < 4.78 is 8.66. The first kappa shape index (κ1) is 18.1. The minimum absolute atomic E-state index is 0.165. The molecule has 3 aromatic heterocycles. The molecule has 3 fully saturated rings. The van der Waals surface area contributed by atoms with Gasteiger partial charge in [0.2, 0.25) is 5.89 Å². The van der Waals surface area contributed by atoms with Crippen LogP contribution in [-0.2, 0) is 13.6 Å². The van der Waals surface area contributed by atoms with Crippen molar-refractivity contribution in [2.75, 3.05) is 18.0 Å². The van der Waals surface area contributed by atoms with Crippen LogP contribution in [0.15, 0.2) is 46.2 Å². The lowest BCUT2D eigenvalue weighted by atomic mass is 10.1. The second kappa shape index (κ2) is 6.51. The summed E-state index contributed by atoms with van der Waals surface area (Å²) in [5.74, 6) is 3.47. The van der Waals surface area contributed by atoms with E-state index >= 15 is 0 Å². The Morgan fingerprint density at radius 1 is 1.12 bits per heavy atom. The van der Waals surface area contributed by atoms with Crippen molar-refractivity contribution in [3.8, 4) is 0 Å².